The molecule has 3 aromatic rings. The summed E-state index contributed by atoms with van der Waals surface area (Å²) in [6.07, 6.45) is 4.50. The third-order valence-electron chi connectivity index (χ3n) is 4.01. The Morgan fingerprint density at radius 1 is 1.07 bits per heavy atom. The van der Waals surface area contributed by atoms with Crippen LogP contribution in [0.25, 0.3) is 0 Å². The number of hydrogen-bond donors (Lipinski definition) is 1. The number of anilines is 1. The molecule has 7 heteroatoms. The molecule has 0 radical (unpaired) electrons. The number of thiazole rings is 1. The van der Waals surface area contributed by atoms with Crippen molar-refractivity contribution >= 4 is 28.3 Å². The summed E-state index contributed by atoms with van der Waals surface area (Å²) in [4.78, 5) is 34.5. The molecule has 3 rings (SSSR count). The number of pyridine rings is 1. The number of benzene rings is 1. The molecule has 0 spiro atoms. The zero-order chi connectivity index (χ0) is 19.1. The van der Waals surface area contributed by atoms with Gasteiger partial charge in [0.1, 0.15) is 5.69 Å². The number of nitrogens with one attached hydrogen (secondary N) is 1. The lowest BCUT2D eigenvalue weighted by Crippen LogP contribution is -2.29. The Hall–Kier alpha value is -3.06. The molecule has 0 bridgehead atoms. The van der Waals surface area contributed by atoms with E-state index in [-0.39, 0.29) is 18.2 Å². The Kier molecular flexibility index (Phi) is 6.27. The second-order valence-electron chi connectivity index (χ2n) is 6.08. The number of carbonyl (C=O) groups is 2. The lowest BCUT2D eigenvalue weighted by molar-refractivity contribution is -0.115. The minimum atomic E-state index is -0.163. The topological polar surface area (TPSA) is 75.2 Å². The van der Waals surface area contributed by atoms with E-state index in [1.54, 1.807) is 29.7 Å². The summed E-state index contributed by atoms with van der Waals surface area (Å²) in [5.41, 5.74) is 2.39. The maximum atomic E-state index is 12.5. The molecule has 2 aromatic heterocycles. The largest absolute Gasteiger partial charge is 0.340 e. The van der Waals surface area contributed by atoms with E-state index in [1.807, 2.05) is 42.5 Å². The molecule has 0 fully saturated rings. The van der Waals surface area contributed by atoms with Crippen molar-refractivity contribution in [1.29, 1.82) is 0 Å². The van der Waals surface area contributed by atoms with Crippen molar-refractivity contribution in [3.05, 3.63) is 77.1 Å². The molecule has 6 nitrogen and oxygen atoms in total. The smallest absolute Gasteiger partial charge is 0.273 e. The fourth-order valence-corrected chi connectivity index (χ4v) is 3.22. The second kappa shape index (κ2) is 9.05. The molecule has 27 heavy (non-hydrogen) atoms. The van der Waals surface area contributed by atoms with E-state index in [2.05, 4.69) is 15.3 Å². The number of amides is 2. The van der Waals surface area contributed by atoms with Gasteiger partial charge in [-0.15, -0.1) is 11.3 Å². The quantitative estimate of drug-likeness (QED) is 0.684. The van der Waals surface area contributed by atoms with Gasteiger partial charge in [-0.05, 0) is 29.7 Å². The number of nitrogens with zero attached hydrogens (tertiary/aromatic N) is 3. The molecule has 0 saturated heterocycles. The first kappa shape index (κ1) is 18.7. The van der Waals surface area contributed by atoms with Crippen LogP contribution in [0.15, 0.2) is 60.2 Å². The van der Waals surface area contributed by atoms with E-state index in [1.165, 1.54) is 11.3 Å². The van der Waals surface area contributed by atoms with Crippen LogP contribution >= 0.6 is 11.3 Å². The van der Waals surface area contributed by atoms with E-state index in [9.17, 15) is 9.59 Å². The highest BCUT2D eigenvalue weighted by molar-refractivity contribution is 7.14. The second-order valence-corrected chi connectivity index (χ2v) is 6.94. The van der Waals surface area contributed by atoms with Gasteiger partial charge in [-0.2, -0.15) is 0 Å². The maximum absolute atomic E-state index is 12.5. The molecule has 1 N–H and O–H groups in total. The summed E-state index contributed by atoms with van der Waals surface area (Å²) in [5.74, 6) is -0.315. The van der Waals surface area contributed by atoms with Crippen LogP contribution in [0, 0.1) is 0 Å². The predicted molar refractivity (Wildman–Crippen MR) is 106 cm³/mol. The van der Waals surface area contributed by atoms with E-state index >= 15 is 0 Å². The Labute approximate surface area is 161 Å². The van der Waals surface area contributed by atoms with Gasteiger partial charge in [0.25, 0.3) is 5.91 Å². The van der Waals surface area contributed by atoms with E-state index in [4.69, 9.17) is 0 Å². The molecule has 2 amide bonds. The van der Waals surface area contributed by atoms with Crippen LogP contribution < -0.4 is 5.32 Å². The molecule has 0 aliphatic carbocycles. The SMILES string of the molecule is CN(CCc1ccncc1)C(=O)c1csc(NC(=O)Cc2ccccc2)n1. The average Bonchev–Trinajstić information content (AvgIpc) is 3.15. The standard InChI is InChI=1S/C20H20N4O2S/c1-24(12-9-15-7-10-21-11-8-15)19(26)17-14-27-20(22-17)23-18(25)13-16-5-3-2-4-6-16/h2-8,10-11,14H,9,12-13H2,1H3,(H,22,23,25). The highest BCUT2D eigenvalue weighted by Crippen LogP contribution is 2.17. The summed E-state index contributed by atoms with van der Waals surface area (Å²) in [6.45, 7) is 0.579. The van der Waals surface area contributed by atoms with Crippen molar-refractivity contribution in [3.63, 3.8) is 0 Å². The highest BCUT2D eigenvalue weighted by Gasteiger charge is 2.16. The zero-order valence-corrected chi connectivity index (χ0v) is 15.8. The molecule has 2 heterocycles. The Bertz CT molecular complexity index is 897. The van der Waals surface area contributed by atoms with Crippen molar-refractivity contribution in [2.45, 2.75) is 12.8 Å². The molecule has 1 aromatic carbocycles. The van der Waals surface area contributed by atoms with Gasteiger partial charge in [0.2, 0.25) is 5.91 Å². The van der Waals surface area contributed by atoms with Gasteiger partial charge in [0.05, 0.1) is 6.42 Å². The summed E-state index contributed by atoms with van der Waals surface area (Å²) in [7, 11) is 1.75. The molecule has 138 valence electrons. The highest BCUT2D eigenvalue weighted by atomic mass is 32.1. The van der Waals surface area contributed by atoms with Crippen molar-refractivity contribution in [2.75, 3.05) is 18.9 Å². The molecule has 0 saturated carbocycles. The Balaban J connectivity index is 1.53. The molecular weight excluding hydrogens is 360 g/mol. The first-order valence-corrected chi connectivity index (χ1v) is 9.43. The van der Waals surface area contributed by atoms with Gasteiger partial charge in [-0.3, -0.25) is 14.6 Å². The molecular formula is C20H20N4O2S. The minimum Gasteiger partial charge on any atom is -0.340 e. The van der Waals surface area contributed by atoms with Crippen LogP contribution in [0.2, 0.25) is 0 Å². The first-order chi connectivity index (χ1) is 13.1. The van der Waals surface area contributed by atoms with Crippen molar-refractivity contribution in [2.24, 2.45) is 0 Å². The van der Waals surface area contributed by atoms with Crippen LogP contribution in [0.1, 0.15) is 21.6 Å². The minimum absolute atomic E-state index is 0.152. The summed E-state index contributed by atoms with van der Waals surface area (Å²) in [5, 5.41) is 4.86. The zero-order valence-electron chi connectivity index (χ0n) is 15.0. The fraction of sp³-hybridized carbons (Fsp3) is 0.200. The Morgan fingerprint density at radius 3 is 2.56 bits per heavy atom. The Morgan fingerprint density at radius 2 is 1.81 bits per heavy atom. The summed E-state index contributed by atoms with van der Waals surface area (Å²) < 4.78 is 0. The van der Waals surface area contributed by atoms with E-state index < -0.39 is 0 Å². The van der Waals surface area contributed by atoms with Gasteiger partial charge in [-0.25, -0.2) is 4.98 Å². The fourth-order valence-electron chi connectivity index (χ4n) is 2.52. The molecule has 0 aliphatic heterocycles. The lowest BCUT2D eigenvalue weighted by atomic mass is 10.1. The molecule has 0 atom stereocenters. The van der Waals surface area contributed by atoms with Crippen LogP contribution in [-0.2, 0) is 17.6 Å². The van der Waals surface area contributed by atoms with Crippen molar-refractivity contribution in [3.8, 4) is 0 Å². The summed E-state index contributed by atoms with van der Waals surface area (Å²) >= 11 is 1.25. The summed E-state index contributed by atoms with van der Waals surface area (Å²) in [6, 6.07) is 13.4. The van der Waals surface area contributed by atoms with Gasteiger partial charge in [-0.1, -0.05) is 30.3 Å². The van der Waals surface area contributed by atoms with Crippen LogP contribution in [-0.4, -0.2) is 40.3 Å². The van der Waals surface area contributed by atoms with Crippen LogP contribution in [0.5, 0.6) is 0 Å². The van der Waals surface area contributed by atoms with E-state index in [0.717, 1.165) is 17.5 Å². The van der Waals surface area contributed by atoms with Gasteiger partial charge < -0.3 is 10.2 Å². The number of hydrogen-bond acceptors (Lipinski definition) is 5. The maximum Gasteiger partial charge on any atom is 0.273 e. The van der Waals surface area contributed by atoms with Crippen molar-refractivity contribution < 1.29 is 9.59 Å². The number of carbonyl (C=O) groups excluding carboxylic acids is 2. The third kappa shape index (κ3) is 5.46. The number of likely N-dealkylation sites (N-methyl/N-ethyl adjacent to an activating group) is 1. The van der Waals surface area contributed by atoms with Gasteiger partial charge in [0.15, 0.2) is 5.13 Å². The molecule has 0 aliphatic rings. The lowest BCUT2D eigenvalue weighted by Gasteiger charge is -2.15. The average molecular weight is 380 g/mol. The van der Waals surface area contributed by atoms with Crippen LogP contribution in [0.3, 0.4) is 0 Å². The van der Waals surface area contributed by atoms with Gasteiger partial charge in [0, 0.05) is 31.4 Å². The van der Waals surface area contributed by atoms with Gasteiger partial charge >= 0.3 is 0 Å². The van der Waals surface area contributed by atoms with Crippen LogP contribution in [0.4, 0.5) is 5.13 Å². The monoisotopic (exact) mass is 380 g/mol. The van der Waals surface area contributed by atoms with E-state index in [0.29, 0.717) is 17.4 Å². The predicted octanol–water partition coefficient (Wildman–Crippen LogP) is 3.03. The number of aromatic nitrogens is 2. The molecule has 0 unspecified atom stereocenters. The van der Waals surface area contributed by atoms with Crippen molar-refractivity contribution in [1.82, 2.24) is 14.9 Å². The third-order valence-corrected chi connectivity index (χ3v) is 4.77. The first-order valence-electron chi connectivity index (χ1n) is 8.55. The normalized spacial score (nSPS) is 10.4. The number of rotatable bonds is 7.